The van der Waals surface area contributed by atoms with Crippen molar-refractivity contribution in [2.45, 2.75) is 31.4 Å². The molecule has 1 aromatic carbocycles. The molecule has 6 nitrogen and oxygen atoms in total. The molecule has 0 fully saturated rings. The third kappa shape index (κ3) is 3.97. The lowest BCUT2D eigenvalue weighted by atomic mass is 9.88. The maximum Gasteiger partial charge on any atom is 0.312 e. The van der Waals surface area contributed by atoms with Crippen LogP contribution in [-0.4, -0.2) is 28.4 Å². The van der Waals surface area contributed by atoms with Crippen molar-refractivity contribution >= 4 is 40.8 Å². The zero-order valence-electron chi connectivity index (χ0n) is 15.1. The zero-order chi connectivity index (χ0) is 21.6. The van der Waals surface area contributed by atoms with Crippen molar-refractivity contribution in [1.29, 1.82) is 0 Å². The van der Waals surface area contributed by atoms with Crippen LogP contribution in [0.3, 0.4) is 0 Å². The number of benzene rings is 1. The van der Waals surface area contributed by atoms with E-state index in [2.05, 4.69) is 15.3 Å². The number of hydrogen-bond acceptors (Lipinski definition) is 5. The highest BCUT2D eigenvalue weighted by Crippen LogP contribution is 2.47. The van der Waals surface area contributed by atoms with Crippen LogP contribution < -0.4 is 11.1 Å². The quantitative estimate of drug-likeness (QED) is 0.721. The van der Waals surface area contributed by atoms with E-state index >= 15 is 0 Å². The van der Waals surface area contributed by atoms with Crippen LogP contribution in [0.25, 0.3) is 0 Å². The first-order valence-corrected chi connectivity index (χ1v) is 9.00. The van der Waals surface area contributed by atoms with Gasteiger partial charge in [0, 0.05) is 17.4 Å². The van der Waals surface area contributed by atoms with Crippen LogP contribution in [0.2, 0.25) is 10.0 Å². The van der Waals surface area contributed by atoms with E-state index in [4.69, 9.17) is 33.7 Å². The molecule has 154 valence electrons. The molecule has 0 bridgehead atoms. The molecule has 11 heteroatoms. The molecule has 1 aromatic heterocycles. The van der Waals surface area contributed by atoms with Gasteiger partial charge < -0.3 is 15.8 Å². The number of nitrogens with zero attached hydrogens (tertiary/aromatic N) is 2. The molecule has 0 spiro atoms. The molecule has 1 amide bonds. The summed E-state index contributed by atoms with van der Waals surface area (Å²) >= 11 is 11.7. The zero-order valence-corrected chi connectivity index (χ0v) is 16.7. The van der Waals surface area contributed by atoms with Gasteiger partial charge in [0.25, 0.3) is 11.9 Å². The fourth-order valence-electron chi connectivity index (χ4n) is 2.76. The molecule has 3 rings (SSSR count). The number of carbonyl (C=O) groups is 1. The maximum atomic E-state index is 14.9. The highest BCUT2D eigenvalue weighted by atomic mass is 35.5. The van der Waals surface area contributed by atoms with Gasteiger partial charge in [0.05, 0.1) is 10.0 Å². The Morgan fingerprint density at radius 1 is 1.28 bits per heavy atom. The van der Waals surface area contributed by atoms with E-state index in [1.807, 2.05) is 0 Å². The summed E-state index contributed by atoms with van der Waals surface area (Å²) in [5, 5.41) is 2.66. The third-order valence-electron chi connectivity index (χ3n) is 4.33. The average Bonchev–Trinajstić information content (AvgIpc) is 2.59. The van der Waals surface area contributed by atoms with Gasteiger partial charge in [-0.3, -0.25) is 4.79 Å². The van der Waals surface area contributed by atoms with Crippen molar-refractivity contribution in [2.75, 3.05) is 5.32 Å². The number of carbonyl (C=O) groups excluding carboxylic acids is 1. The summed E-state index contributed by atoms with van der Waals surface area (Å²) in [6.07, 6.45) is 1.22. The summed E-state index contributed by atoms with van der Waals surface area (Å²) in [5.41, 5.74) is 2.93. The van der Waals surface area contributed by atoms with Crippen LogP contribution in [0.1, 0.15) is 35.9 Å². The monoisotopic (exact) mass is 446 g/mol. The van der Waals surface area contributed by atoms with Crippen LogP contribution in [0, 0.1) is 5.82 Å². The molecule has 1 aliphatic heterocycles. The minimum atomic E-state index is -3.58. The van der Waals surface area contributed by atoms with Crippen molar-refractivity contribution in [3.05, 3.63) is 57.6 Å². The molecule has 29 heavy (non-hydrogen) atoms. The van der Waals surface area contributed by atoms with E-state index in [0.29, 0.717) is 0 Å². The number of hydrogen-bond donors (Lipinski definition) is 2. The van der Waals surface area contributed by atoms with Crippen LogP contribution >= 0.6 is 23.2 Å². The fraction of sp³-hybridized carbons (Fsp3) is 0.278. The topological polar surface area (TPSA) is 89.6 Å². The second kappa shape index (κ2) is 7.38. The molecule has 3 N–H and O–H groups in total. The Labute approximate surface area is 173 Å². The van der Waals surface area contributed by atoms with E-state index in [-0.39, 0.29) is 21.4 Å². The van der Waals surface area contributed by atoms with Gasteiger partial charge in [-0.15, -0.1) is 0 Å². The predicted molar refractivity (Wildman–Crippen MR) is 103 cm³/mol. The van der Waals surface area contributed by atoms with Crippen LogP contribution in [-0.2, 0) is 4.74 Å². The number of amides is 1. The number of ether oxygens (including phenoxy) is 1. The van der Waals surface area contributed by atoms with Crippen LogP contribution in [0.4, 0.5) is 18.9 Å². The number of nitrogens with one attached hydrogen (secondary N) is 1. The van der Waals surface area contributed by atoms with E-state index in [1.54, 1.807) is 0 Å². The summed E-state index contributed by atoms with van der Waals surface area (Å²) in [6, 6.07) is 2.08. The van der Waals surface area contributed by atoms with Gasteiger partial charge in [0.1, 0.15) is 11.5 Å². The Balaban J connectivity index is 1.96. The van der Waals surface area contributed by atoms with Gasteiger partial charge in [-0.1, -0.05) is 23.2 Å². The summed E-state index contributed by atoms with van der Waals surface area (Å²) in [7, 11) is 0. The molecule has 0 saturated heterocycles. The minimum absolute atomic E-state index is 0.00702. The van der Waals surface area contributed by atoms with Gasteiger partial charge in [0.2, 0.25) is 0 Å². The number of nitrogens with two attached hydrogens (primary N) is 1. The Morgan fingerprint density at radius 3 is 2.62 bits per heavy atom. The highest BCUT2D eigenvalue weighted by Gasteiger charge is 2.59. The number of alkyl halides is 2. The van der Waals surface area contributed by atoms with Crippen LogP contribution in [0.5, 0.6) is 0 Å². The minimum Gasteiger partial charge on any atom is -0.453 e. The van der Waals surface area contributed by atoms with Crippen molar-refractivity contribution in [2.24, 2.45) is 10.7 Å². The molecular formula is C18H15Cl2F3N4O2. The van der Waals surface area contributed by atoms with Crippen molar-refractivity contribution in [3.63, 3.8) is 0 Å². The standard InChI is InChI=1S/C18H15Cl2F3N4O2/c1-17(2)18(22,23)14(27-16(24)29-17)10-6-9(3-4-12(10)21)26-15(28)13-11(20)5-8(19)7-25-13/h3-7,14H,1-2H3,(H2,24,27)(H,26,28). The number of anilines is 1. The Bertz CT molecular complexity index is 1010. The molecule has 0 radical (unpaired) electrons. The molecule has 1 unspecified atom stereocenters. The predicted octanol–water partition coefficient (Wildman–Crippen LogP) is 4.58. The van der Waals surface area contributed by atoms with Crippen molar-refractivity contribution in [3.8, 4) is 0 Å². The van der Waals surface area contributed by atoms with E-state index in [0.717, 1.165) is 26.0 Å². The van der Waals surface area contributed by atoms with Crippen molar-refractivity contribution < 1.29 is 22.7 Å². The highest BCUT2D eigenvalue weighted by molar-refractivity contribution is 6.36. The molecule has 0 aliphatic carbocycles. The summed E-state index contributed by atoms with van der Waals surface area (Å²) in [6.45, 7) is 2.25. The maximum absolute atomic E-state index is 14.9. The number of pyridine rings is 1. The van der Waals surface area contributed by atoms with E-state index < -0.39 is 40.9 Å². The van der Waals surface area contributed by atoms with Crippen LogP contribution in [0.15, 0.2) is 35.5 Å². The first-order chi connectivity index (χ1) is 13.4. The first-order valence-electron chi connectivity index (χ1n) is 8.24. The Kier molecular flexibility index (Phi) is 5.40. The largest absolute Gasteiger partial charge is 0.453 e. The number of rotatable bonds is 3. The number of aliphatic imine (C=N–C) groups is 1. The molecule has 2 heterocycles. The molecule has 2 aromatic rings. The Morgan fingerprint density at radius 2 is 1.97 bits per heavy atom. The average molecular weight is 447 g/mol. The van der Waals surface area contributed by atoms with E-state index in [1.165, 1.54) is 18.3 Å². The smallest absolute Gasteiger partial charge is 0.312 e. The first kappa shape index (κ1) is 21.2. The molecule has 1 aliphatic rings. The SMILES string of the molecule is CC1(C)OC(N)=NC(c2cc(NC(=O)c3ncc(Cl)cc3Cl)ccc2F)C1(F)F. The summed E-state index contributed by atoms with van der Waals surface area (Å²) < 4.78 is 49.0. The molecular weight excluding hydrogens is 432 g/mol. The summed E-state index contributed by atoms with van der Waals surface area (Å²) in [4.78, 5) is 19.8. The molecule has 1 atom stereocenters. The van der Waals surface area contributed by atoms with E-state index in [9.17, 15) is 18.0 Å². The van der Waals surface area contributed by atoms with Gasteiger partial charge in [-0.25, -0.2) is 14.4 Å². The lowest BCUT2D eigenvalue weighted by Crippen LogP contribution is -2.54. The summed E-state index contributed by atoms with van der Waals surface area (Å²) in [5.74, 6) is -5.25. The fourth-order valence-corrected chi connectivity index (χ4v) is 3.23. The lowest BCUT2D eigenvalue weighted by molar-refractivity contribution is -0.180. The number of aromatic nitrogens is 1. The Hall–Kier alpha value is -2.52. The second-order valence-corrected chi connectivity index (χ2v) is 7.62. The van der Waals surface area contributed by atoms with Gasteiger partial charge >= 0.3 is 5.92 Å². The number of halogens is 5. The normalized spacial score (nSPS) is 19.8. The van der Waals surface area contributed by atoms with Crippen molar-refractivity contribution in [1.82, 2.24) is 4.98 Å². The van der Waals surface area contributed by atoms with Gasteiger partial charge in [-0.2, -0.15) is 8.78 Å². The van der Waals surface area contributed by atoms with Gasteiger partial charge in [0.15, 0.2) is 11.6 Å². The van der Waals surface area contributed by atoms with Gasteiger partial charge in [-0.05, 0) is 38.1 Å². The lowest BCUT2D eigenvalue weighted by Gasteiger charge is -2.41. The molecule has 0 saturated carbocycles. The number of amidine groups is 1. The second-order valence-electron chi connectivity index (χ2n) is 6.78. The third-order valence-corrected chi connectivity index (χ3v) is 4.83.